The van der Waals surface area contributed by atoms with Gasteiger partial charge in [-0.05, 0) is 40.2 Å². The second kappa shape index (κ2) is 6.74. The van der Waals surface area contributed by atoms with Gasteiger partial charge < -0.3 is 5.32 Å². The molecule has 0 radical (unpaired) electrons. The topological polar surface area (TPSA) is 42.7 Å². The molecule has 2 unspecified atom stereocenters. The Morgan fingerprint density at radius 2 is 2.00 bits per heavy atom. The van der Waals surface area contributed by atoms with E-state index < -0.39 is 0 Å². The SMILES string of the molecule is CCCNC(C)CC(C)c1ncnn1C(C)C. The van der Waals surface area contributed by atoms with E-state index in [0.717, 1.165) is 18.8 Å². The number of nitrogens with one attached hydrogen (secondary N) is 1. The van der Waals surface area contributed by atoms with Gasteiger partial charge in [0, 0.05) is 18.0 Å². The minimum absolute atomic E-state index is 0.383. The molecule has 0 amide bonds. The summed E-state index contributed by atoms with van der Waals surface area (Å²) in [6.45, 7) is 12.0. The van der Waals surface area contributed by atoms with E-state index in [2.05, 4.69) is 50.0 Å². The summed E-state index contributed by atoms with van der Waals surface area (Å²) in [6.07, 6.45) is 3.95. The molecule has 0 aliphatic carbocycles. The van der Waals surface area contributed by atoms with Gasteiger partial charge in [0.15, 0.2) is 0 Å². The lowest BCUT2D eigenvalue weighted by Gasteiger charge is -2.19. The normalized spacial score (nSPS) is 15.2. The maximum absolute atomic E-state index is 4.39. The minimum Gasteiger partial charge on any atom is -0.314 e. The van der Waals surface area contributed by atoms with Gasteiger partial charge >= 0.3 is 0 Å². The number of hydrogen-bond donors (Lipinski definition) is 1. The van der Waals surface area contributed by atoms with Gasteiger partial charge in [-0.15, -0.1) is 0 Å². The number of aromatic nitrogens is 3. The Balaban J connectivity index is 2.57. The van der Waals surface area contributed by atoms with Crippen LogP contribution in [0.25, 0.3) is 0 Å². The van der Waals surface area contributed by atoms with Crippen molar-refractivity contribution in [2.45, 2.75) is 65.5 Å². The van der Waals surface area contributed by atoms with E-state index in [0.29, 0.717) is 18.0 Å². The van der Waals surface area contributed by atoms with Crippen molar-refractivity contribution < 1.29 is 0 Å². The molecule has 1 N–H and O–H groups in total. The molecular weight excluding hydrogens is 212 g/mol. The van der Waals surface area contributed by atoms with Crippen molar-refractivity contribution in [2.75, 3.05) is 6.54 Å². The lowest BCUT2D eigenvalue weighted by Crippen LogP contribution is -2.28. The van der Waals surface area contributed by atoms with Crippen molar-refractivity contribution in [3.63, 3.8) is 0 Å². The molecule has 0 saturated carbocycles. The fourth-order valence-corrected chi connectivity index (χ4v) is 2.12. The number of rotatable bonds is 7. The van der Waals surface area contributed by atoms with Crippen molar-refractivity contribution in [1.82, 2.24) is 20.1 Å². The van der Waals surface area contributed by atoms with Crippen LogP contribution in [-0.2, 0) is 0 Å². The highest BCUT2D eigenvalue weighted by Crippen LogP contribution is 2.20. The first-order valence-electron chi connectivity index (χ1n) is 6.69. The summed E-state index contributed by atoms with van der Waals surface area (Å²) in [5.74, 6) is 1.55. The first kappa shape index (κ1) is 14.2. The maximum atomic E-state index is 4.39. The van der Waals surface area contributed by atoms with E-state index in [1.165, 1.54) is 6.42 Å². The summed E-state index contributed by atoms with van der Waals surface area (Å²) >= 11 is 0. The molecular formula is C13H26N4. The average molecular weight is 238 g/mol. The Morgan fingerprint density at radius 3 is 2.59 bits per heavy atom. The molecule has 98 valence electrons. The van der Waals surface area contributed by atoms with Crippen molar-refractivity contribution in [1.29, 1.82) is 0 Å². The van der Waals surface area contributed by atoms with Gasteiger partial charge in [0.05, 0.1) is 0 Å². The monoisotopic (exact) mass is 238 g/mol. The van der Waals surface area contributed by atoms with Crippen molar-refractivity contribution in [3.05, 3.63) is 12.2 Å². The van der Waals surface area contributed by atoms with E-state index in [9.17, 15) is 0 Å². The lowest BCUT2D eigenvalue weighted by molar-refractivity contribution is 0.433. The van der Waals surface area contributed by atoms with Gasteiger partial charge in [-0.2, -0.15) is 5.10 Å². The highest BCUT2D eigenvalue weighted by atomic mass is 15.3. The van der Waals surface area contributed by atoms with Crippen LogP contribution in [0.4, 0.5) is 0 Å². The second-order valence-electron chi connectivity index (χ2n) is 5.15. The first-order valence-corrected chi connectivity index (χ1v) is 6.69. The third-order valence-electron chi connectivity index (χ3n) is 2.98. The van der Waals surface area contributed by atoms with E-state index in [-0.39, 0.29) is 0 Å². The van der Waals surface area contributed by atoms with Crippen LogP contribution in [-0.4, -0.2) is 27.4 Å². The number of hydrogen-bond acceptors (Lipinski definition) is 3. The Bertz CT molecular complexity index is 319. The van der Waals surface area contributed by atoms with E-state index in [1.54, 1.807) is 6.33 Å². The van der Waals surface area contributed by atoms with Crippen LogP contribution in [0.2, 0.25) is 0 Å². The van der Waals surface area contributed by atoms with Gasteiger partial charge in [-0.25, -0.2) is 9.67 Å². The van der Waals surface area contributed by atoms with E-state index >= 15 is 0 Å². The fourth-order valence-electron chi connectivity index (χ4n) is 2.12. The third kappa shape index (κ3) is 4.11. The Labute approximate surface area is 105 Å². The molecule has 0 spiro atoms. The van der Waals surface area contributed by atoms with Gasteiger partial charge in [-0.1, -0.05) is 13.8 Å². The zero-order chi connectivity index (χ0) is 12.8. The van der Waals surface area contributed by atoms with Gasteiger partial charge in [0.1, 0.15) is 12.2 Å². The summed E-state index contributed by atoms with van der Waals surface area (Å²) in [7, 11) is 0. The van der Waals surface area contributed by atoms with Crippen LogP contribution in [0.5, 0.6) is 0 Å². The van der Waals surface area contributed by atoms with Crippen molar-refractivity contribution in [2.24, 2.45) is 0 Å². The summed E-state index contributed by atoms with van der Waals surface area (Å²) in [4.78, 5) is 4.39. The van der Waals surface area contributed by atoms with Gasteiger partial charge in [0.25, 0.3) is 0 Å². The molecule has 0 aliphatic rings. The molecule has 1 aromatic heterocycles. The lowest BCUT2D eigenvalue weighted by atomic mass is 10.0. The highest BCUT2D eigenvalue weighted by molar-refractivity contribution is 4.96. The zero-order valence-electron chi connectivity index (χ0n) is 11.8. The molecule has 0 bridgehead atoms. The van der Waals surface area contributed by atoms with Gasteiger partial charge in [0.2, 0.25) is 0 Å². The summed E-state index contributed by atoms with van der Waals surface area (Å²) < 4.78 is 2.03. The maximum Gasteiger partial charge on any atom is 0.138 e. The molecule has 0 fully saturated rings. The molecule has 4 nitrogen and oxygen atoms in total. The highest BCUT2D eigenvalue weighted by Gasteiger charge is 2.17. The molecule has 4 heteroatoms. The Kier molecular flexibility index (Phi) is 5.62. The fraction of sp³-hybridized carbons (Fsp3) is 0.846. The quantitative estimate of drug-likeness (QED) is 0.794. The van der Waals surface area contributed by atoms with Crippen LogP contribution < -0.4 is 5.32 Å². The average Bonchev–Trinajstić information content (AvgIpc) is 2.75. The molecule has 17 heavy (non-hydrogen) atoms. The molecule has 1 aromatic rings. The predicted octanol–water partition coefficient (Wildman–Crippen LogP) is 2.74. The second-order valence-corrected chi connectivity index (χ2v) is 5.15. The molecule has 0 saturated heterocycles. The summed E-state index contributed by atoms with van der Waals surface area (Å²) in [6, 6.07) is 0.913. The summed E-state index contributed by atoms with van der Waals surface area (Å²) in [5.41, 5.74) is 0. The van der Waals surface area contributed by atoms with Crippen molar-refractivity contribution in [3.8, 4) is 0 Å². The largest absolute Gasteiger partial charge is 0.314 e. The van der Waals surface area contributed by atoms with E-state index in [4.69, 9.17) is 0 Å². The minimum atomic E-state index is 0.383. The van der Waals surface area contributed by atoms with Gasteiger partial charge in [-0.3, -0.25) is 0 Å². The van der Waals surface area contributed by atoms with E-state index in [1.807, 2.05) is 4.68 Å². The molecule has 1 heterocycles. The number of nitrogens with zero attached hydrogens (tertiary/aromatic N) is 3. The van der Waals surface area contributed by atoms with Crippen LogP contribution in [0, 0.1) is 0 Å². The van der Waals surface area contributed by atoms with Crippen LogP contribution in [0.3, 0.4) is 0 Å². The smallest absolute Gasteiger partial charge is 0.138 e. The Morgan fingerprint density at radius 1 is 1.29 bits per heavy atom. The Hall–Kier alpha value is -0.900. The van der Waals surface area contributed by atoms with Crippen molar-refractivity contribution >= 4 is 0 Å². The third-order valence-corrected chi connectivity index (χ3v) is 2.98. The van der Waals surface area contributed by atoms with Crippen LogP contribution in [0.15, 0.2) is 6.33 Å². The summed E-state index contributed by atoms with van der Waals surface area (Å²) in [5, 5.41) is 7.81. The first-order chi connectivity index (χ1) is 8.06. The molecule has 2 atom stereocenters. The predicted molar refractivity (Wildman–Crippen MR) is 71.2 cm³/mol. The van der Waals surface area contributed by atoms with Crippen LogP contribution >= 0.6 is 0 Å². The standard InChI is InChI=1S/C13H26N4/c1-6-7-14-12(5)8-11(4)13-15-9-16-17(13)10(2)3/h9-12,14H,6-8H2,1-5H3. The molecule has 1 rings (SSSR count). The molecule has 0 aliphatic heterocycles. The molecule has 0 aromatic carbocycles. The zero-order valence-corrected chi connectivity index (χ0v) is 11.8. The van der Waals surface area contributed by atoms with Crippen LogP contribution in [0.1, 0.15) is 65.2 Å².